The first-order valence-corrected chi connectivity index (χ1v) is 7.37. The highest BCUT2D eigenvalue weighted by Crippen LogP contribution is 2.25. The lowest BCUT2D eigenvalue weighted by atomic mass is 10.3. The molecule has 6 nitrogen and oxygen atoms in total. The molecule has 7 heteroatoms. The molecule has 0 bridgehead atoms. The van der Waals surface area contributed by atoms with Gasteiger partial charge in [0.1, 0.15) is 10.7 Å². The average Bonchev–Trinajstić information content (AvgIpc) is 2.78. The van der Waals surface area contributed by atoms with Crippen LogP contribution in [0.4, 0.5) is 5.82 Å². The summed E-state index contributed by atoms with van der Waals surface area (Å²) >= 11 is 0. The molecule has 1 aliphatic heterocycles. The van der Waals surface area contributed by atoms with E-state index in [2.05, 4.69) is 10.3 Å². The summed E-state index contributed by atoms with van der Waals surface area (Å²) < 4.78 is 26.1. The van der Waals surface area contributed by atoms with Crippen molar-refractivity contribution in [3.8, 4) is 0 Å². The molecule has 18 heavy (non-hydrogen) atoms. The van der Waals surface area contributed by atoms with Gasteiger partial charge < -0.3 is 10.4 Å². The smallest absolute Gasteiger partial charge is 0.246 e. The van der Waals surface area contributed by atoms with Crippen LogP contribution in [0.15, 0.2) is 23.2 Å². The number of aliphatic hydroxyl groups excluding tert-OH is 1. The number of aliphatic hydroxyl groups is 1. The zero-order valence-corrected chi connectivity index (χ0v) is 11.0. The molecule has 1 fully saturated rings. The van der Waals surface area contributed by atoms with Gasteiger partial charge in [-0.05, 0) is 25.5 Å². The number of hydrogen-bond acceptors (Lipinski definition) is 5. The molecular formula is C11H17N3O3S. The molecule has 0 saturated carbocycles. The van der Waals surface area contributed by atoms with E-state index in [4.69, 9.17) is 0 Å². The van der Waals surface area contributed by atoms with Gasteiger partial charge in [0.15, 0.2) is 0 Å². The summed E-state index contributed by atoms with van der Waals surface area (Å²) in [5.41, 5.74) is 0. The third kappa shape index (κ3) is 2.47. The number of nitrogens with zero attached hydrogens (tertiary/aromatic N) is 2. The van der Waals surface area contributed by atoms with Crippen molar-refractivity contribution in [2.45, 2.75) is 24.3 Å². The van der Waals surface area contributed by atoms with E-state index >= 15 is 0 Å². The Morgan fingerprint density at radius 2 is 2.39 bits per heavy atom. The Balaban J connectivity index is 2.35. The monoisotopic (exact) mass is 271 g/mol. The van der Waals surface area contributed by atoms with Crippen LogP contribution >= 0.6 is 0 Å². The van der Waals surface area contributed by atoms with Crippen molar-refractivity contribution in [2.24, 2.45) is 0 Å². The molecule has 2 heterocycles. The quantitative estimate of drug-likeness (QED) is 0.821. The Morgan fingerprint density at radius 1 is 1.61 bits per heavy atom. The highest BCUT2D eigenvalue weighted by Gasteiger charge is 2.33. The molecule has 0 aromatic carbocycles. The zero-order chi connectivity index (χ0) is 13.2. The van der Waals surface area contributed by atoms with E-state index in [9.17, 15) is 13.5 Å². The highest BCUT2D eigenvalue weighted by molar-refractivity contribution is 7.89. The van der Waals surface area contributed by atoms with Crippen molar-refractivity contribution in [2.75, 3.05) is 25.0 Å². The van der Waals surface area contributed by atoms with Gasteiger partial charge in [0, 0.05) is 25.8 Å². The second-order valence-electron chi connectivity index (χ2n) is 4.19. The third-order valence-electron chi connectivity index (χ3n) is 2.86. The summed E-state index contributed by atoms with van der Waals surface area (Å²) in [5, 5.41) is 12.4. The number of nitrogens with one attached hydrogen (secondary N) is 1. The summed E-state index contributed by atoms with van der Waals surface area (Å²) in [4.78, 5) is 4.21. The fourth-order valence-electron chi connectivity index (χ4n) is 1.97. The fraction of sp³-hybridized carbons (Fsp3) is 0.545. The standard InChI is InChI=1S/C11H17N3O3S/c1-2-12-11-10(4-3-6-13-11)18(16,17)14-7-5-9(15)8-14/h3-4,6,9,15H,2,5,7-8H2,1H3,(H,12,13). The van der Waals surface area contributed by atoms with E-state index in [1.807, 2.05) is 6.92 Å². The van der Waals surface area contributed by atoms with Crippen LogP contribution in [0, 0.1) is 0 Å². The molecule has 1 unspecified atom stereocenters. The van der Waals surface area contributed by atoms with E-state index in [0.717, 1.165) is 0 Å². The second-order valence-corrected chi connectivity index (χ2v) is 6.09. The molecule has 0 radical (unpaired) electrons. The predicted octanol–water partition coefficient (Wildman–Crippen LogP) is 0.269. The maximum Gasteiger partial charge on any atom is 0.246 e. The number of rotatable bonds is 4. The number of sulfonamides is 1. The first-order valence-electron chi connectivity index (χ1n) is 5.92. The third-order valence-corrected chi connectivity index (χ3v) is 4.76. The van der Waals surface area contributed by atoms with Gasteiger partial charge in [-0.25, -0.2) is 13.4 Å². The Labute approximate surface area is 107 Å². The van der Waals surface area contributed by atoms with Crippen LogP contribution in [-0.2, 0) is 10.0 Å². The van der Waals surface area contributed by atoms with Gasteiger partial charge in [-0.1, -0.05) is 0 Å². The summed E-state index contributed by atoms with van der Waals surface area (Å²) in [5.74, 6) is 0.362. The van der Waals surface area contributed by atoms with Gasteiger partial charge in [0.2, 0.25) is 10.0 Å². The Hall–Kier alpha value is -1.18. The Bertz CT molecular complexity index is 518. The van der Waals surface area contributed by atoms with Gasteiger partial charge in [0.05, 0.1) is 6.10 Å². The summed E-state index contributed by atoms with van der Waals surface area (Å²) in [6.45, 7) is 2.99. The first-order chi connectivity index (χ1) is 8.55. The van der Waals surface area contributed by atoms with Crippen LogP contribution in [0.1, 0.15) is 13.3 Å². The summed E-state index contributed by atoms with van der Waals surface area (Å²) in [6, 6.07) is 3.13. The van der Waals surface area contributed by atoms with Gasteiger partial charge in [-0.3, -0.25) is 0 Å². The van der Waals surface area contributed by atoms with Crippen LogP contribution in [0.5, 0.6) is 0 Å². The molecule has 2 N–H and O–H groups in total. The van der Waals surface area contributed by atoms with Crippen LogP contribution in [-0.4, -0.2) is 48.6 Å². The number of pyridine rings is 1. The van der Waals surface area contributed by atoms with Crippen molar-refractivity contribution in [1.82, 2.24) is 9.29 Å². The average molecular weight is 271 g/mol. The van der Waals surface area contributed by atoms with Gasteiger partial charge in [0.25, 0.3) is 0 Å². The maximum atomic E-state index is 12.4. The normalized spacial score (nSPS) is 21.1. The largest absolute Gasteiger partial charge is 0.392 e. The summed E-state index contributed by atoms with van der Waals surface area (Å²) in [6.07, 6.45) is 1.46. The summed E-state index contributed by atoms with van der Waals surface area (Å²) in [7, 11) is -3.58. The van der Waals surface area contributed by atoms with E-state index in [0.29, 0.717) is 25.3 Å². The van der Waals surface area contributed by atoms with Crippen LogP contribution in [0.25, 0.3) is 0 Å². The van der Waals surface area contributed by atoms with Gasteiger partial charge in [-0.2, -0.15) is 4.31 Å². The molecule has 1 aliphatic rings. The molecule has 1 saturated heterocycles. The van der Waals surface area contributed by atoms with Crippen molar-refractivity contribution in [3.05, 3.63) is 18.3 Å². The van der Waals surface area contributed by atoms with Crippen molar-refractivity contribution >= 4 is 15.8 Å². The van der Waals surface area contributed by atoms with Crippen molar-refractivity contribution in [1.29, 1.82) is 0 Å². The van der Waals surface area contributed by atoms with Gasteiger partial charge >= 0.3 is 0 Å². The second kappa shape index (κ2) is 5.21. The number of β-amino-alcohol motifs (C(OH)–C–C–N with tert-alkyl or cyclic N) is 1. The Kier molecular flexibility index (Phi) is 3.84. The molecule has 2 rings (SSSR count). The van der Waals surface area contributed by atoms with E-state index in [1.54, 1.807) is 12.3 Å². The lowest BCUT2D eigenvalue weighted by Crippen LogP contribution is -2.30. The number of hydrogen-bond donors (Lipinski definition) is 2. The molecule has 0 spiro atoms. The van der Waals surface area contributed by atoms with Crippen LogP contribution in [0.2, 0.25) is 0 Å². The molecule has 1 aromatic heterocycles. The molecule has 100 valence electrons. The molecule has 0 amide bonds. The molecule has 1 atom stereocenters. The van der Waals surface area contributed by atoms with Gasteiger partial charge in [-0.15, -0.1) is 0 Å². The van der Waals surface area contributed by atoms with Crippen LogP contribution in [0.3, 0.4) is 0 Å². The molecule has 1 aromatic rings. The Morgan fingerprint density at radius 3 is 3.00 bits per heavy atom. The minimum absolute atomic E-state index is 0.156. The van der Waals surface area contributed by atoms with E-state index < -0.39 is 16.1 Å². The van der Waals surface area contributed by atoms with Crippen molar-refractivity contribution in [3.63, 3.8) is 0 Å². The molecular weight excluding hydrogens is 254 g/mol. The minimum atomic E-state index is -3.58. The SMILES string of the molecule is CCNc1ncccc1S(=O)(=O)N1CCC(O)C1. The van der Waals surface area contributed by atoms with Crippen molar-refractivity contribution < 1.29 is 13.5 Å². The first kappa shape index (κ1) is 13.3. The fourth-order valence-corrected chi connectivity index (χ4v) is 3.58. The lowest BCUT2D eigenvalue weighted by molar-refractivity contribution is 0.189. The topological polar surface area (TPSA) is 82.5 Å². The predicted molar refractivity (Wildman–Crippen MR) is 67.8 cm³/mol. The van der Waals surface area contributed by atoms with Crippen LogP contribution < -0.4 is 5.32 Å². The van der Waals surface area contributed by atoms with E-state index in [-0.39, 0.29) is 11.4 Å². The number of aromatic nitrogens is 1. The molecule has 0 aliphatic carbocycles. The lowest BCUT2D eigenvalue weighted by Gasteiger charge is -2.17. The minimum Gasteiger partial charge on any atom is -0.392 e. The maximum absolute atomic E-state index is 12.4. The number of anilines is 1. The zero-order valence-electron chi connectivity index (χ0n) is 10.2. The highest BCUT2D eigenvalue weighted by atomic mass is 32.2. The van der Waals surface area contributed by atoms with E-state index in [1.165, 1.54) is 10.4 Å².